The van der Waals surface area contributed by atoms with Gasteiger partial charge >= 0.3 is 0 Å². The minimum atomic E-state index is -3.02. The molecule has 0 atom stereocenters. The molecule has 2 aromatic rings. The van der Waals surface area contributed by atoms with Gasteiger partial charge < -0.3 is 4.52 Å². The number of hydrogen-bond acceptors (Lipinski definition) is 4. The Balaban J connectivity index is 2.18. The van der Waals surface area contributed by atoms with Crippen LogP contribution in [0.2, 0.25) is 0 Å². The normalized spacial score (nSPS) is 10.9. The zero-order valence-corrected chi connectivity index (χ0v) is 10.5. The van der Waals surface area contributed by atoms with Gasteiger partial charge in [-0.2, -0.15) is 4.98 Å². The second-order valence-electron chi connectivity index (χ2n) is 3.47. The third-order valence-corrected chi connectivity index (χ3v) is 2.61. The molecule has 0 aliphatic carbocycles. The van der Waals surface area contributed by atoms with Gasteiger partial charge in [0.1, 0.15) is 0 Å². The van der Waals surface area contributed by atoms with Crippen molar-refractivity contribution in [2.75, 3.05) is 0 Å². The fraction of sp³-hybridized carbons (Fsp3) is 0.182. The maximum atomic E-state index is 12.1. The number of hydrogen-bond donors (Lipinski definition) is 0. The van der Waals surface area contributed by atoms with Crippen LogP contribution in [0.1, 0.15) is 5.89 Å². The molecule has 94 valence electrons. The molecule has 7 heteroatoms. The number of halogens is 3. The molecule has 0 bridgehead atoms. The summed E-state index contributed by atoms with van der Waals surface area (Å²) in [7, 11) is 0. The molecule has 0 spiro atoms. The number of aromatic nitrogens is 2. The second-order valence-corrected chi connectivity index (χ2v) is 4.38. The number of rotatable bonds is 4. The van der Waals surface area contributed by atoms with Crippen LogP contribution in [0.4, 0.5) is 8.78 Å². The van der Waals surface area contributed by atoms with Gasteiger partial charge in [0.2, 0.25) is 17.5 Å². The van der Waals surface area contributed by atoms with E-state index in [9.17, 15) is 13.6 Å². The molecule has 0 saturated heterocycles. The van der Waals surface area contributed by atoms with Crippen LogP contribution in [-0.4, -0.2) is 22.3 Å². The zero-order valence-electron chi connectivity index (χ0n) is 8.94. The summed E-state index contributed by atoms with van der Waals surface area (Å²) in [4.78, 5) is 14.7. The summed E-state index contributed by atoms with van der Waals surface area (Å²) in [5, 5.41) is 3.64. The second kappa shape index (κ2) is 5.34. The largest absolute Gasteiger partial charge is 0.338 e. The Kier molecular flexibility index (Phi) is 3.81. The van der Waals surface area contributed by atoms with Crippen molar-refractivity contribution in [1.29, 1.82) is 0 Å². The highest BCUT2D eigenvalue weighted by atomic mass is 79.9. The van der Waals surface area contributed by atoms with Gasteiger partial charge in [-0.05, 0) is 12.1 Å². The number of carbonyl (C=O) groups excluding carboxylic acids is 1. The van der Waals surface area contributed by atoms with Crippen LogP contribution in [0.25, 0.3) is 11.4 Å². The molecule has 0 fully saturated rings. The van der Waals surface area contributed by atoms with Gasteiger partial charge in [-0.25, -0.2) is 8.78 Å². The Hall–Kier alpha value is -1.63. The van der Waals surface area contributed by atoms with E-state index < -0.39 is 18.6 Å². The highest BCUT2D eigenvalue weighted by Crippen LogP contribution is 2.20. The lowest BCUT2D eigenvalue weighted by atomic mass is 10.2. The van der Waals surface area contributed by atoms with Crippen molar-refractivity contribution in [3.63, 3.8) is 0 Å². The van der Waals surface area contributed by atoms with Crippen molar-refractivity contribution in [3.05, 3.63) is 34.6 Å². The van der Waals surface area contributed by atoms with Gasteiger partial charge in [0.05, 0.1) is 6.42 Å². The lowest BCUT2D eigenvalue weighted by Crippen LogP contribution is -2.12. The monoisotopic (exact) mass is 316 g/mol. The SMILES string of the molecule is O=C(Cc1nc(-c2cccc(Br)c2)no1)C(F)F. The first kappa shape index (κ1) is 12.8. The van der Waals surface area contributed by atoms with Crippen molar-refractivity contribution in [3.8, 4) is 11.4 Å². The maximum absolute atomic E-state index is 12.1. The standard InChI is InChI=1S/C11H7BrF2N2O2/c12-7-3-1-2-6(4-7)11-15-9(18-16-11)5-8(17)10(13)14/h1-4,10H,5H2. The molecular formula is C11H7BrF2N2O2. The van der Waals surface area contributed by atoms with E-state index in [1.807, 2.05) is 6.07 Å². The fourth-order valence-corrected chi connectivity index (χ4v) is 1.70. The average molecular weight is 317 g/mol. The number of Topliss-reactive ketones (excluding diaryl/α,β-unsaturated/α-hetero) is 1. The summed E-state index contributed by atoms with van der Waals surface area (Å²) < 4.78 is 29.7. The van der Waals surface area contributed by atoms with Crippen molar-refractivity contribution in [1.82, 2.24) is 10.1 Å². The summed E-state index contributed by atoms with van der Waals surface area (Å²) in [6.07, 6.45) is -3.58. The minimum Gasteiger partial charge on any atom is -0.338 e. The molecule has 0 radical (unpaired) electrons. The highest BCUT2D eigenvalue weighted by molar-refractivity contribution is 9.10. The summed E-state index contributed by atoms with van der Waals surface area (Å²) in [5.74, 6) is -1.09. The Labute approximate surface area is 109 Å². The van der Waals surface area contributed by atoms with Crippen molar-refractivity contribution >= 4 is 21.7 Å². The minimum absolute atomic E-state index is 0.115. The average Bonchev–Trinajstić information content (AvgIpc) is 2.77. The predicted octanol–water partition coefficient (Wildman–Crippen LogP) is 2.88. The molecule has 0 aliphatic heterocycles. The quantitative estimate of drug-likeness (QED) is 0.870. The molecule has 0 unspecified atom stereocenters. The number of alkyl halides is 2. The van der Waals surface area contributed by atoms with E-state index in [2.05, 4.69) is 26.1 Å². The van der Waals surface area contributed by atoms with Crippen LogP contribution in [0.3, 0.4) is 0 Å². The topological polar surface area (TPSA) is 56.0 Å². The molecule has 0 saturated carbocycles. The van der Waals surface area contributed by atoms with Crippen LogP contribution in [0.15, 0.2) is 33.3 Å². The zero-order chi connectivity index (χ0) is 13.1. The van der Waals surface area contributed by atoms with Gasteiger partial charge in [-0.3, -0.25) is 4.79 Å². The van der Waals surface area contributed by atoms with Crippen LogP contribution >= 0.6 is 15.9 Å². The summed E-state index contributed by atoms with van der Waals surface area (Å²) in [6, 6.07) is 7.10. The van der Waals surface area contributed by atoms with E-state index in [1.54, 1.807) is 18.2 Å². The van der Waals surface area contributed by atoms with E-state index in [4.69, 9.17) is 4.52 Å². The summed E-state index contributed by atoms with van der Waals surface area (Å²) in [5.41, 5.74) is 0.670. The molecule has 1 aromatic carbocycles. The molecule has 2 rings (SSSR count). The molecule has 0 N–H and O–H groups in total. The number of benzene rings is 1. The van der Waals surface area contributed by atoms with Crippen LogP contribution in [-0.2, 0) is 11.2 Å². The Morgan fingerprint density at radius 3 is 2.89 bits per heavy atom. The van der Waals surface area contributed by atoms with Crippen molar-refractivity contribution < 1.29 is 18.1 Å². The fourth-order valence-electron chi connectivity index (χ4n) is 1.30. The molecule has 18 heavy (non-hydrogen) atoms. The van der Waals surface area contributed by atoms with Gasteiger partial charge in [0, 0.05) is 10.0 Å². The van der Waals surface area contributed by atoms with E-state index >= 15 is 0 Å². The van der Waals surface area contributed by atoms with Crippen LogP contribution < -0.4 is 0 Å². The van der Waals surface area contributed by atoms with Crippen LogP contribution in [0.5, 0.6) is 0 Å². The summed E-state index contributed by atoms with van der Waals surface area (Å²) >= 11 is 3.29. The van der Waals surface area contributed by atoms with Gasteiger partial charge in [-0.15, -0.1) is 0 Å². The van der Waals surface area contributed by atoms with E-state index in [1.165, 1.54) is 0 Å². The molecule has 1 heterocycles. The third kappa shape index (κ3) is 2.98. The first-order chi connectivity index (χ1) is 8.56. The lowest BCUT2D eigenvalue weighted by molar-refractivity contribution is -0.129. The molecule has 0 amide bonds. The lowest BCUT2D eigenvalue weighted by Gasteiger charge is -1.94. The smallest absolute Gasteiger partial charge is 0.296 e. The Bertz CT molecular complexity index is 572. The maximum Gasteiger partial charge on any atom is 0.296 e. The highest BCUT2D eigenvalue weighted by Gasteiger charge is 2.19. The van der Waals surface area contributed by atoms with Gasteiger partial charge in [0.25, 0.3) is 6.43 Å². The van der Waals surface area contributed by atoms with E-state index in [-0.39, 0.29) is 11.7 Å². The van der Waals surface area contributed by atoms with Crippen LogP contribution in [0, 0.1) is 0 Å². The summed E-state index contributed by atoms with van der Waals surface area (Å²) in [6.45, 7) is 0. The van der Waals surface area contributed by atoms with Crippen molar-refractivity contribution in [2.45, 2.75) is 12.8 Å². The molecule has 4 nitrogen and oxygen atoms in total. The van der Waals surface area contributed by atoms with E-state index in [0.29, 0.717) is 5.56 Å². The molecule has 0 aliphatic rings. The van der Waals surface area contributed by atoms with E-state index in [0.717, 1.165) is 4.47 Å². The number of carbonyl (C=O) groups is 1. The first-order valence-corrected chi connectivity index (χ1v) is 5.75. The number of nitrogens with zero attached hydrogens (tertiary/aromatic N) is 2. The molecule has 1 aromatic heterocycles. The predicted molar refractivity (Wildman–Crippen MR) is 62.1 cm³/mol. The van der Waals surface area contributed by atoms with Gasteiger partial charge in [-0.1, -0.05) is 33.2 Å². The third-order valence-electron chi connectivity index (χ3n) is 2.12. The number of ketones is 1. The molecular weight excluding hydrogens is 310 g/mol. The Morgan fingerprint density at radius 2 is 2.22 bits per heavy atom. The first-order valence-electron chi connectivity index (χ1n) is 4.95. The Morgan fingerprint density at radius 1 is 1.44 bits per heavy atom. The van der Waals surface area contributed by atoms with Crippen molar-refractivity contribution in [2.24, 2.45) is 0 Å². The van der Waals surface area contributed by atoms with Gasteiger partial charge in [0.15, 0.2) is 0 Å².